The van der Waals surface area contributed by atoms with Crippen LogP contribution in [0, 0.1) is 11.8 Å². The van der Waals surface area contributed by atoms with Crippen molar-refractivity contribution in [1.29, 1.82) is 0 Å². The molecule has 144 valence electrons. The van der Waals surface area contributed by atoms with E-state index in [0.29, 0.717) is 18.4 Å². The second-order valence-electron chi connectivity index (χ2n) is 6.99. The van der Waals surface area contributed by atoms with Crippen molar-refractivity contribution in [3.05, 3.63) is 0 Å². The van der Waals surface area contributed by atoms with Crippen molar-refractivity contribution in [3.8, 4) is 0 Å². The highest BCUT2D eigenvalue weighted by molar-refractivity contribution is 14.0. The van der Waals surface area contributed by atoms with E-state index in [4.69, 9.17) is 9.47 Å². The van der Waals surface area contributed by atoms with Gasteiger partial charge in [-0.2, -0.15) is 0 Å². The molecule has 1 fully saturated rings. The molecule has 0 aromatic carbocycles. The van der Waals surface area contributed by atoms with E-state index in [1.165, 1.54) is 0 Å². The number of guanidine groups is 1. The molecule has 1 saturated heterocycles. The lowest BCUT2D eigenvalue weighted by molar-refractivity contribution is -0.0284. The van der Waals surface area contributed by atoms with Crippen molar-refractivity contribution in [3.63, 3.8) is 0 Å². The Morgan fingerprint density at radius 2 is 2.00 bits per heavy atom. The fourth-order valence-corrected chi connectivity index (χ4v) is 2.58. The van der Waals surface area contributed by atoms with Crippen molar-refractivity contribution in [2.45, 2.75) is 33.8 Å². The average molecular weight is 456 g/mol. The van der Waals surface area contributed by atoms with Crippen LogP contribution in [-0.2, 0) is 9.47 Å². The Morgan fingerprint density at radius 1 is 1.25 bits per heavy atom. The van der Waals surface area contributed by atoms with Gasteiger partial charge in [0.25, 0.3) is 0 Å². The number of rotatable bonds is 9. The van der Waals surface area contributed by atoms with Crippen molar-refractivity contribution in [2.24, 2.45) is 16.8 Å². The van der Waals surface area contributed by atoms with Gasteiger partial charge in [0.1, 0.15) is 0 Å². The fraction of sp³-hybridized carbons (Fsp3) is 0.941. The van der Waals surface area contributed by atoms with Crippen molar-refractivity contribution >= 4 is 29.9 Å². The molecule has 2 N–H and O–H groups in total. The predicted molar refractivity (Wildman–Crippen MR) is 111 cm³/mol. The molecule has 1 atom stereocenters. The molecule has 1 heterocycles. The first kappa shape index (κ1) is 23.9. The van der Waals surface area contributed by atoms with E-state index in [0.717, 1.165) is 51.9 Å². The molecule has 0 aromatic heterocycles. The van der Waals surface area contributed by atoms with Crippen LogP contribution in [0.25, 0.3) is 0 Å². The highest BCUT2D eigenvalue weighted by atomic mass is 127. The molecule has 24 heavy (non-hydrogen) atoms. The molecular weight excluding hydrogens is 419 g/mol. The van der Waals surface area contributed by atoms with E-state index in [1.54, 1.807) is 7.05 Å². The first-order chi connectivity index (χ1) is 11.0. The van der Waals surface area contributed by atoms with Crippen molar-refractivity contribution < 1.29 is 9.47 Å². The summed E-state index contributed by atoms with van der Waals surface area (Å²) in [6.07, 6.45) is 0.221. The van der Waals surface area contributed by atoms with Crippen LogP contribution in [0.3, 0.4) is 0 Å². The Kier molecular flexibility index (Phi) is 14.0. The average Bonchev–Trinajstić information content (AvgIpc) is 2.49. The van der Waals surface area contributed by atoms with Crippen LogP contribution in [0.2, 0.25) is 0 Å². The first-order valence-electron chi connectivity index (χ1n) is 8.87. The molecule has 0 aliphatic carbocycles. The van der Waals surface area contributed by atoms with Gasteiger partial charge in [0.05, 0.1) is 19.3 Å². The standard InChI is InChI=1S/C17H36N4O2.HI/c1-14(2)11-21-7-9-23-16(12-21)10-20-17(18-5)19-6-8-22-13-15(3)4;/h14-16H,6-13H2,1-5H3,(H2,18,19,20);1H. The Hall–Kier alpha value is -0.120. The van der Waals surface area contributed by atoms with Crippen LogP contribution in [0.4, 0.5) is 0 Å². The SMILES string of the molecule is CN=C(NCCOCC(C)C)NCC1CN(CC(C)C)CCO1.I. The smallest absolute Gasteiger partial charge is 0.191 e. The molecule has 1 aliphatic rings. The van der Waals surface area contributed by atoms with E-state index in [1.807, 2.05) is 0 Å². The minimum atomic E-state index is 0. The molecule has 0 saturated carbocycles. The molecule has 0 aromatic rings. The Bertz CT molecular complexity index is 341. The quantitative estimate of drug-likeness (QED) is 0.240. The Morgan fingerprint density at radius 3 is 2.62 bits per heavy atom. The Balaban J connectivity index is 0.00000529. The fourth-order valence-electron chi connectivity index (χ4n) is 2.58. The van der Waals surface area contributed by atoms with Gasteiger partial charge in [0, 0.05) is 46.4 Å². The lowest BCUT2D eigenvalue weighted by Crippen LogP contribution is -2.50. The summed E-state index contributed by atoms with van der Waals surface area (Å²) in [5.41, 5.74) is 0. The van der Waals surface area contributed by atoms with Gasteiger partial charge in [-0.15, -0.1) is 24.0 Å². The summed E-state index contributed by atoms with van der Waals surface area (Å²) in [6, 6.07) is 0. The maximum Gasteiger partial charge on any atom is 0.191 e. The summed E-state index contributed by atoms with van der Waals surface area (Å²) in [6.45, 7) is 15.8. The van der Waals surface area contributed by atoms with Gasteiger partial charge < -0.3 is 20.1 Å². The summed E-state index contributed by atoms with van der Waals surface area (Å²) in [5.74, 6) is 2.08. The Labute approximate surface area is 165 Å². The zero-order chi connectivity index (χ0) is 17.1. The van der Waals surface area contributed by atoms with E-state index in [9.17, 15) is 0 Å². The summed E-state index contributed by atoms with van der Waals surface area (Å²) >= 11 is 0. The summed E-state index contributed by atoms with van der Waals surface area (Å²) in [7, 11) is 1.79. The molecule has 0 bridgehead atoms. The maximum atomic E-state index is 5.84. The summed E-state index contributed by atoms with van der Waals surface area (Å²) in [5, 5.41) is 6.62. The minimum absolute atomic E-state index is 0. The zero-order valence-electron chi connectivity index (χ0n) is 16.0. The number of nitrogens with zero attached hydrogens (tertiary/aromatic N) is 2. The maximum absolute atomic E-state index is 5.84. The van der Waals surface area contributed by atoms with E-state index in [-0.39, 0.29) is 30.1 Å². The van der Waals surface area contributed by atoms with Crippen LogP contribution in [0.1, 0.15) is 27.7 Å². The summed E-state index contributed by atoms with van der Waals surface area (Å²) < 4.78 is 11.4. The largest absolute Gasteiger partial charge is 0.379 e. The van der Waals surface area contributed by atoms with Gasteiger partial charge in [-0.1, -0.05) is 27.7 Å². The van der Waals surface area contributed by atoms with Crippen LogP contribution >= 0.6 is 24.0 Å². The second-order valence-corrected chi connectivity index (χ2v) is 6.99. The number of hydrogen-bond acceptors (Lipinski definition) is 4. The molecule has 0 radical (unpaired) electrons. The minimum Gasteiger partial charge on any atom is -0.379 e. The number of halogens is 1. The third-order valence-electron chi connectivity index (χ3n) is 3.56. The first-order valence-corrected chi connectivity index (χ1v) is 8.87. The molecule has 6 nitrogen and oxygen atoms in total. The van der Waals surface area contributed by atoms with Crippen molar-refractivity contribution in [2.75, 3.05) is 59.6 Å². The van der Waals surface area contributed by atoms with Crippen LogP contribution in [0.15, 0.2) is 4.99 Å². The lowest BCUT2D eigenvalue weighted by atomic mass is 10.2. The molecule has 1 aliphatic heterocycles. The number of ether oxygens (including phenoxy) is 2. The molecule has 0 amide bonds. The van der Waals surface area contributed by atoms with E-state index < -0.39 is 0 Å². The highest BCUT2D eigenvalue weighted by Crippen LogP contribution is 2.07. The lowest BCUT2D eigenvalue weighted by Gasteiger charge is -2.34. The number of hydrogen-bond donors (Lipinski definition) is 2. The highest BCUT2D eigenvalue weighted by Gasteiger charge is 2.20. The van der Waals surface area contributed by atoms with Crippen molar-refractivity contribution in [1.82, 2.24) is 15.5 Å². The van der Waals surface area contributed by atoms with Gasteiger partial charge in [0.2, 0.25) is 0 Å². The normalized spacial score (nSPS) is 19.5. The third kappa shape index (κ3) is 11.4. The van der Waals surface area contributed by atoms with Crippen LogP contribution in [-0.4, -0.2) is 76.6 Å². The number of morpholine rings is 1. The molecule has 0 spiro atoms. The van der Waals surface area contributed by atoms with E-state index in [2.05, 4.69) is 48.2 Å². The second kappa shape index (κ2) is 14.1. The molecule has 1 rings (SSSR count). The van der Waals surface area contributed by atoms with Gasteiger partial charge in [-0.3, -0.25) is 9.89 Å². The summed E-state index contributed by atoms with van der Waals surface area (Å²) in [4.78, 5) is 6.72. The molecule has 7 heteroatoms. The van der Waals surface area contributed by atoms with Gasteiger partial charge >= 0.3 is 0 Å². The van der Waals surface area contributed by atoms with Gasteiger partial charge in [0.15, 0.2) is 5.96 Å². The number of aliphatic imine (C=N–C) groups is 1. The van der Waals surface area contributed by atoms with Crippen LogP contribution < -0.4 is 10.6 Å². The van der Waals surface area contributed by atoms with E-state index >= 15 is 0 Å². The van der Waals surface area contributed by atoms with Crippen LogP contribution in [0.5, 0.6) is 0 Å². The monoisotopic (exact) mass is 456 g/mol. The third-order valence-corrected chi connectivity index (χ3v) is 3.56. The van der Waals surface area contributed by atoms with Gasteiger partial charge in [-0.25, -0.2) is 0 Å². The molecular formula is C17H37IN4O2. The van der Waals surface area contributed by atoms with Gasteiger partial charge in [-0.05, 0) is 11.8 Å². The number of nitrogens with one attached hydrogen (secondary N) is 2. The molecule has 1 unspecified atom stereocenters. The predicted octanol–water partition coefficient (Wildman–Crippen LogP) is 1.80. The topological polar surface area (TPSA) is 58.1 Å². The zero-order valence-corrected chi connectivity index (χ0v) is 18.3.